The predicted molar refractivity (Wildman–Crippen MR) is 54.3 cm³/mol. The molecule has 0 spiro atoms. The van der Waals surface area contributed by atoms with Crippen LogP contribution in [0.3, 0.4) is 0 Å². The first-order valence-corrected chi connectivity index (χ1v) is 5.16. The molecule has 1 heterocycles. The molecular formula is C11H15NO3. The van der Waals surface area contributed by atoms with Crippen LogP contribution in [0.2, 0.25) is 0 Å². The minimum absolute atomic E-state index is 0.0860. The number of furan rings is 1. The van der Waals surface area contributed by atoms with Crippen LogP contribution in [0, 0.1) is 5.92 Å². The number of esters is 1. The maximum atomic E-state index is 11.1. The fourth-order valence-corrected chi connectivity index (χ4v) is 1.77. The van der Waals surface area contributed by atoms with E-state index in [1.807, 2.05) is 0 Å². The molecule has 4 nitrogen and oxygen atoms in total. The highest BCUT2D eigenvalue weighted by Crippen LogP contribution is 2.36. The predicted octanol–water partition coefficient (Wildman–Crippen LogP) is 1.87. The lowest BCUT2D eigenvalue weighted by molar-refractivity contribution is 0.0560. The smallest absolute Gasteiger partial charge is 0.373 e. The number of ether oxygens (including phenoxy) is 1. The minimum Gasteiger partial charge on any atom is -0.463 e. The van der Waals surface area contributed by atoms with E-state index < -0.39 is 5.97 Å². The molecule has 1 fully saturated rings. The van der Waals surface area contributed by atoms with Gasteiger partial charge in [-0.1, -0.05) is 6.42 Å². The van der Waals surface area contributed by atoms with Gasteiger partial charge in [-0.2, -0.15) is 0 Å². The molecule has 0 amide bonds. The molecule has 82 valence electrons. The second-order valence-corrected chi connectivity index (χ2v) is 3.91. The summed E-state index contributed by atoms with van der Waals surface area (Å²) in [6.45, 7) is 0. The summed E-state index contributed by atoms with van der Waals surface area (Å²) in [5.74, 6) is 0.950. The van der Waals surface area contributed by atoms with Crippen molar-refractivity contribution in [2.75, 3.05) is 7.11 Å². The fourth-order valence-electron chi connectivity index (χ4n) is 1.77. The zero-order valence-corrected chi connectivity index (χ0v) is 8.73. The number of hydrogen-bond donors (Lipinski definition) is 1. The van der Waals surface area contributed by atoms with Gasteiger partial charge in [-0.3, -0.25) is 0 Å². The van der Waals surface area contributed by atoms with Crippen molar-refractivity contribution in [1.82, 2.24) is 0 Å². The van der Waals surface area contributed by atoms with Crippen LogP contribution < -0.4 is 5.73 Å². The second-order valence-electron chi connectivity index (χ2n) is 3.91. The minimum atomic E-state index is -0.456. The van der Waals surface area contributed by atoms with Crippen LogP contribution in [0.4, 0.5) is 0 Å². The summed E-state index contributed by atoms with van der Waals surface area (Å²) in [4.78, 5) is 11.1. The van der Waals surface area contributed by atoms with Gasteiger partial charge in [0.15, 0.2) is 0 Å². The topological polar surface area (TPSA) is 65.5 Å². The Hall–Kier alpha value is -1.29. The summed E-state index contributed by atoms with van der Waals surface area (Å²) in [5, 5.41) is 0. The lowest BCUT2D eigenvalue weighted by atomic mass is 9.79. The van der Waals surface area contributed by atoms with Crippen molar-refractivity contribution < 1.29 is 13.9 Å². The largest absolute Gasteiger partial charge is 0.463 e. The van der Waals surface area contributed by atoms with Crippen LogP contribution in [0.15, 0.2) is 16.5 Å². The molecule has 2 N–H and O–H groups in total. The van der Waals surface area contributed by atoms with Gasteiger partial charge < -0.3 is 14.9 Å². The molecule has 0 aromatic carbocycles. The first-order chi connectivity index (χ1) is 7.22. The van der Waals surface area contributed by atoms with Gasteiger partial charge in [0.2, 0.25) is 5.76 Å². The summed E-state index contributed by atoms with van der Waals surface area (Å²) >= 11 is 0. The third-order valence-electron chi connectivity index (χ3n) is 3.00. The molecule has 1 aliphatic carbocycles. The molecule has 1 aromatic heterocycles. The molecule has 1 aromatic rings. The van der Waals surface area contributed by atoms with Crippen molar-refractivity contribution in [2.24, 2.45) is 11.7 Å². The molecule has 1 unspecified atom stereocenters. The van der Waals surface area contributed by atoms with Crippen molar-refractivity contribution in [1.29, 1.82) is 0 Å². The molecule has 15 heavy (non-hydrogen) atoms. The fraction of sp³-hybridized carbons (Fsp3) is 0.545. The van der Waals surface area contributed by atoms with E-state index in [-0.39, 0.29) is 11.8 Å². The van der Waals surface area contributed by atoms with Gasteiger partial charge in [-0.15, -0.1) is 0 Å². The van der Waals surface area contributed by atoms with E-state index in [1.165, 1.54) is 13.5 Å². The summed E-state index contributed by atoms with van der Waals surface area (Å²) in [7, 11) is 1.33. The summed E-state index contributed by atoms with van der Waals surface area (Å²) in [6, 6.07) is 3.28. The summed E-state index contributed by atoms with van der Waals surface area (Å²) in [5.41, 5.74) is 6.01. The molecule has 1 aliphatic rings. The van der Waals surface area contributed by atoms with Gasteiger partial charge >= 0.3 is 5.97 Å². The maximum absolute atomic E-state index is 11.1. The highest BCUT2D eigenvalue weighted by molar-refractivity contribution is 5.86. The van der Waals surface area contributed by atoms with Gasteiger partial charge in [0.1, 0.15) is 5.76 Å². The van der Waals surface area contributed by atoms with Crippen LogP contribution in [0.25, 0.3) is 0 Å². The van der Waals surface area contributed by atoms with Crippen LogP contribution in [-0.4, -0.2) is 13.1 Å². The second kappa shape index (κ2) is 4.06. The van der Waals surface area contributed by atoms with Crippen molar-refractivity contribution in [2.45, 2.75) is 25.3 Å². The quantitative estimate of drug-likeness (QED) is 0.772. The Labute approximate surface area is 88.4 Å². The third-order valence-corrected chi connectivity index (χ3v) is 3.00. The molecule has 2 rings (SSSR count). The molecule has 0 bridgehead atoms. The Morgan fingerprint density at radius 3 is 2.87 bits per heavy atom. The van der Waals surface area contributed by atoms with Crippen molar-refractivity contribution >= 4 is 5.97 Å². The van der Waals surface area contributed by atoms with Gasteiger partial charge in [-0.25, -0.2) is 4.79 Å². The lowest BCUT2D eigenvalue weighted by Crippen LogP contribution is -2.26. The SMILES string of the molecule is COC(=O)c1ccc(C(N)C2CCC2)o1. The average molecular weight is 209 g/mol. The van der Waals surface area contributed by atoms with E-state index in [2.05, 4.69) is 4.74 Å². The third kappa shape index (κ3) is 1.90. The van der Waals surface area contributed by atoms with E-state index in [0.717, 1.165) is 12.8 Å². The van der Waals surface area contributed by atoms with Crippen molar-refractivity contribution in [3.63, 3.8) is 0 Å². The van der Waals surface area contributed by atoms with Crippen LogP contribution in [-0.2, 0) is 4.74 Å². The molecular weight excluding hydrogens is 194 g/mol. The van der Waals surface area contributed by atoms with Crippen molar-refractivity contribution in [3.05, 3.63) is 23.7 Å². The molecule has 4 heteroatoms. The van der Waals surface area contributed by atoms with Crippen molar-refractivity contribution in [3.8, 4) is 0 Å². The molecule has 1 atom stereocenters. The Bertz CT molecular complexity index is 354. The monoisotopic (exact) mass is 209 g/mol. The number of nitrogens with two attached hydrogens (primary N) is 1. The molecule has 0 aliphatic heterocycles. The Balaban J connectivity index is 2.08. The lowest BCUT2D eigenvalue weighted by Gasteiger charge is -2.29. The Morgan fingerprint density at radius 2 is 2.33 bits per heavy atom. The zero-order chi connectivity index (χ0) is 10.8. The van der Waals surface area contributed by atoms with Gasteiger partial charge in [0.05, 0.1) is 13.2 Å². The highest BCUT2D eigenvalue weighted by atomic mass is 16.5. The van der Waals surface area contributed by atoms with Gasteiger partial charge in [0.25, 0.3) is 0 Å². The number of hydrogen-bond acceptors (Lipinski definition) is 4. The van der Waals surface area contributed by atoms with Crippen LogP contribution >= 0.6 is 0 Å². The Kier molecular flexibility index (Phi) is 2.77. The van der Waals surface area contributed by atoms with E-state index in [0.29, 0.717) is 11.7 Å². The zero-order valence-electron chi connectivity index (χ0n) is 8.73. The number of carbonyl (C=O) groups is 1. The van der Waals surface area contributed by atoms with E-state index in [1.54, 1.807) is 12.1 Å². The van der Waals surface area contributed by atoms with E-state index in [4.69, 9.17) is 10.2 Å². The number of carbonyl (C=O) groups excluding carboxylic acids is 1. The summed E-state index contributed by atoms with van der Waals surface area (Å²) in [6.07, 6.45) is 3.54. The van der Waals surface area contributed by atoms with Gasteiger partial charge in [-0.05, 0) is 30.9 Å². The highest BCUT2D eigenvalue weighted by Gasteiger charge is 2.28. The average Bonchev–Trinajstić information content (AvgIpc) is 2.62. The number of methoxy groups -OCH3 is 1. The molecule has 0 saturated heterocycles. The summed E-state index contributed by atoms with van der Waals surface area (Å²) < 4.78 is 9.91. The first kappa shape index (κ1) is 10.2. The number of rotatable bonds is 3. The van der Waals surface area contributed by atoms with Crippen LogP contribution in [0.1, 0.15) is 41.6 Å². The maximum Gasteiger partial charge on any atom is 0.373 e. The van der Waals surface area contributed by atoms with E-state index >= 15 is 0 Å². The Morgan fingerprint density at radius 1 is 1.60 bits per heavy atom. The first-order valence-electron chi connectivity index (χ1n) is 5.16. The normalized spacial score (nSPS) is 18.3. The molecule has 0 radical (unpaired) electrons. The van der Waals surface area contributed by atoms with Gasteiger partial charge in [0, 0.05) is 0 Å². The standard InChI is InChI=1S/C11H15NO3/c1-14-11(13)9-6-5-8(15-9)10(12)7-3-2-4-7/h5-7,10H,2-4,12H2,1H3. The van der Waals surface area contributed by atoms with E-state index in [9.17, 15) is 4.79 Å². The van der Waals surface area contributed by atoms with Crippen LogP contribution in [0.5, 0.6) is 0 Å². The molecule has 1 saturated carbocycles.